The molecule has 5 heteroatoms. The molecule has 1 unspecified atom stereocenters. The zero-order chi connectivity index (χ0) is 11.4. The van der Waals surface area contributed by atoms with E-state index in [0.717, 1.165) is 4.90 Å². The molecule has 1 saturated heterocycles. The number of imide groups is 2. The van der Waals surface area contributed by atoms with Gasteiger partial charge in [0.15, 0.2) is 0 Å². The molecule has 0 aromatic rings. The van der Waals surface area contributed by atoms with E-state index in [4.69, 9.17) is 0 Å². The van der Waals surface area contributed by atoms with Crippen LogP contribution in [0.15, 0.2) is 0 Å². The number of nitrogens with one attached hydrogen (secondary N) is 1. The first-order valence-electron chi connectivity index (χ1n) is 4.67. The highest BCUT2D eigenvalue weighted by Gasteiger charge is 2.38. The molecule has 1 aliphatic heterocycles. The van der Waals surface area contributed by atoms with Gasteiger partial charge in [-0.2, -0.15) is 0 Å². The van der Waals surface area contributed by atoms with Crippen molar-refractivity contribution in [3.8, 4) is 11.8 Å². The summed E-state index contributed by atoms with van der Waals surface area (Å²) in [6.07, 6.45) is 0.383. The minimum Gasteiger partial charge on any atom is -0.277 e. The molecule has 1 N–H and O–H groups in total. The van der Waals surface area contributed by atoms with Gasteiger partial charge >= 0.3 is 6.03 Å². The third-order valence-electron chi connectivity index (χ3n) is 2.18. The predicted molar refractivity (Wildman–Crippen MR) is 52.5 cm³/mol. The van der Waals surface area contributed by atoms with Gasteiger partial charge in [-0.1, -0.05) is 12.8 Å². The van der Waals surface area contributed by atoms with Gasteiger partial charge in [-0.15, -0.1) is 5.92 Å². The van der Waals surface area contributed by atoms with Crippen molar-refractivity contribution in [2.45, 2.75) is 20.3 Å². The third-order valence-corrected chi connectivity index (χ3v) is 2.18. The highest BCUT2D eigenvalue weighted by molar-refractivity contribution is 6.16. The topological polar surface area (TPSA) is 66.5 Å². The second-order valence-electron chi connectivity index (χ2n) is 3.11. The van der Waals surface area contributed by atoms with Gasteiger partial charge in [0.05, 0.1) is 6.54 Å². The Bertz CT molecular complexity index is 365. The molecule has 4 amide bonds. The average Bonchev–Trinajstić information content (AvgIpc) is 2.17. The van der Waals surface area contributed by atoms with Crippen molar-refractivity contribution < 1.29 is 14.4 Å². The predicted octanol–water partition coefficient (Wildman–Crippen LogP) is 0.114. The maximum Gasteiger partial charge on any atom is 0.331 e. The molecule has 0 bridgehead atoms. The van der Waals surface area contributed by atoms with Gasteiger partial charge in [-0.3, -0.25) is 19.8 Å². The van der Waals surface area contributed by atoms with Crippen molar-refractivity contribution in [3.05, 3.63) is 0 Å². The molecular formula is C10H12N2O3. The minimum atomic E-state index is -0.763. The molecule has 1 heterocycles. The smallest absolute Gasteiger partial charge is 0.277 e. The summed E-state index contributed by atoms with van der Waals surface area (Å²) in [6, 6.07) is -0.683. The number of hydrogen-bond acceptors (Lipinski definition) is 3. The van der Waals surface area contributed by atoms with Gasteiger partial charge in [-0.25, -0.2) is 4.79 Å². The molecule has 1 rings (SSSR count). The second kappa shape index (κ2) is 4.60. The van der Waals surface area contributed by atoms with Gasteiger partial charge in [-0.05, 0) is 13.3 Å². The SMILES string of the molecule is CC#CCN1C(=O)NC(=O)C(CC)C1=O. The number of carbonyl (C=O) groups is 3. The fraction of sp³-hybridized carbons (Fsp3) is 0.500. The number of barbiturate groups is 1. The van der Waals surface area contributed by atoms with E-state index in [9.17, 15) is 14.4 Å². The molecule has 15 heavy (non-hydrogen) atoms. The average molecular weight is 208 g/mol. The number of rotatable bonds is 2. The summed E-state index contributed by atoms with van der Waals surface area (Å²) in [5.74, 6) is 3.47. The Kier molecular flexibility index (Phi) is 3.45. The number of urea groups is 1. The van der Waals surface area contributed by atoms with Gasteiger partial charge in [0.25, 0.3) is 0 Å². The lowest BCUT2D eigenvalue weighted by Gasteiger charge is -2.28. The molecule has 0 radical (unpaired) electrons. The standard InChI is InChI=1S/C10H12N2O3/c1-3-5-6-12-9(14)7(4-2)8(13)11-10(12)15/h7H,4,6H2,1-2H3,(H,11,13,15). The van der Waals surface area contributed by atoms with Crippen LogP contribution in [-0.2, 0) is 9.59 Å². The fourth-order valence-corrected chi connectivity index (χ4v) is 1.33. The van der Waals surface area contributed by atoms with E-state index in [0.29, 0.717) is 6.42 Å². The van der Waals surface area contributed by atoms with E-state index in [2.05, 4.69) is 17.2 Å². The van der Waals surface area contributed by atoms with Crippen molar-refractivity contribution in [3.63, 3.8) is 0 Å². The summed E-state index contributed by atoms with van der Waals surface area (Å²) in [6.45, 7) is 3.38. The van der Waals surface area contributed by atoms with Crippen LogP contribution in [0.1, 0.15) is 20.3 Å². The first kappa shape index (κ1) is 11.2. The van der Waals surface area contributed by atoms with Crippen LogP contribution in [0, 0.1) is 17.8 Å². The van der Waals surface area contributed by atoms with Crippen LogP contribution >= 0.6 is 0 Å². The Morgan fingerprint density at radius 1 is 1.40 bits per heavy atom. The number of hydrogen-bond donors (Lipinski definition) is 1. The summed E-state index contributed by atoms with van der Waals surface area (Å²) in [5.41, 5.74) is 0. The van der Waals surface area contributed by atoms with Crippen LogP contribution in [0.25, 0.3) is 0 Å². The first-order chi connectivity index (χ1) is 7.11. The molecule has 0 aromatic carbocycles. The Hall–Kier alpha value is -1.83. The Balaban J connectivity index is 2.86. The Morgan fingerprint density at radius 3 is 2.60 bits per heavy atom. The van der Waals surface area contributed by atoms with Crippen molar-refractivity contribution >= 4 is 17.8 Å². The summed E-state index contributed by atoms with van der Waals surface area (Å²) in [7, 11) is 0. The van der Waals surface area contributed by atoms with Crippen molar-refractivity contribution in [2.24, 2.45) is 5.92 Å². The Morgan fingerprint density at radius 2 is 2.07 bits per heavy atom. The zero-order valence-electron chi connectivity index (χ0n) is 8.66. The van der Waals surface area contributed by atoms with E-state index < -0.39 is 23.8 Å². The lowest BCUT2D eigenvalue weighted by atomic mass is 10.0. The van der Waals surface area contributed by atoms with E-state index in [1.807, 2.05) is 0 Å². The highest BCUT2D eigenvalue weighted by Crippen LogP contribution is 2.12. The molecule has 0 aliphatic carbocycles. The van der Waals surface area contributed by atoms with Crippen molar-refractivity contribution in [1.82, 2.24) is 10.2 Å². The normalized spacial score (nSPS) is 20.8. The van der Waals surface area contributed by atoms with Crippen LogP contribution in [0.2, 0.25) is 0 Å². The maximum atomic E-state index is 11.7. The fourth-order valence-electron chi connectivity index (χ4n) is 1.33. The molecule has 0 saturated carbocycles. The van der Waals surface area contributed by atoms with E-state index in [1.165, 1.54) is 0 Å². The van der Waals surface area contributed by atoms with Crippen LogP contribution in [0.5, 0.6) is 0 Å². The first-order valence-corrected chi connectivity index (χ1v) is 4.67. The van der Waals surface area contributed by atoms with E-state index in [-0.39, 0.29) is 6.54 Å². The molecule has 1 aliphatic rings. The van der Waals surface area contributed by atoms with Crippen LogP contribution in [0.3, 0.4) is 0 Å². The lowest BCUT2D eigenvalue weighted by molar-refractivity contribution is -0.142. The Labute approximate surface area is 87.8 Å². The van der Waals surface area contributed by atoms with Crippen LogP contribution < -0.4 is 5.32 Å². The zero-order valence-corrected chi connectivity index (χ0v) is 8.66. The van der Waals surface area contributed by atoms with Crippen molar-refractivity contribution in [1.29, 1.82) is 0 Å². The van der Waals surface area contributed by atoms with Gasteiger partial charge < -0.3 is 0 Å². The second-order valence-corrected chi connectivity index (χ2v) is 3.11. The van der Waals surface area contributed by atoms with Crippen molar-refractivity contribution in [2.75, 3.05) is 6.54 Å². The van der Waals surface area contributed by atoms with Gasteiger partial charge in [0.1, 0.15) is 5.92 Å². The molecule has 80 valence electrons. The molecule has 0 spiro atoms. The molecule has 1 fully saturated rings. The van der Waals surface area contributed by atoms with E-state index >= 15 is 0 Å². The summed E-state index contributed by atoms with van der Waals surface area (Å²) < 4.78 is 0. The third kappa shape index (κ3) is 2.15. The molecule has 1 atom stereocenters. The number of amides is 4. The maximum absolute atomic E-state index is 11.7. The van der Waals surface area contributed by atoms with Gasteiger partial charge in [0, 0.05) is 0 Å². The molecule has 0 aromatic heterocycles. The largest absolute Gasteiger partial charge is 0.331 e. The molecular weight excluding hydrogens is 196 g/mol. The van der Waals surface area contributed by atoms with Crippen LogP contribution in [0.4, 0.5) is 4.79 Å². The van der Waals surface area contributed by atoms with E-state index in [1.54, 1.807) is 13.8 Å². The number of carbonyl (C=O) groups excluding carboxylic acids is 3. The minimum absolute atomic E-state index is 0.0327. The summed E-state index contributed by atoms with van der Waals surface area (Å²) >= 11 is 0. The van der Waals surface area contributed by atoms with Gasteiger partial charge in [0.2, 0.25) is 11.8 Å². The highest BCUT2D eigenvalue weighted by atomic mass is 16.2. The monoisotopic (exact) mass is 208 g/mol. The van der Waals surface area contributed by atoms with Crippen LogP contribution in [-0.4, -0.2) is 29.3 Å². The number of nitrogens with zero attached hydrogens (tertiary/aromatic N) is 1. The molecule has 5 nitrogen and oxygen atoms in total. The quantitative estimate of drug-likeness (QED) is 0.517. The summed E-state index contributed by atoms with van der Waals surface area (Å²) in [4.78, 5) is 35.2. The lowest BCUT2D eigenvalue weighted by Crippen LogP contribution is -2.57. The summed E-state index contributed by atoms with van der Waals surface area (Å²) in [5, 5.41) is 2.13.